The molecule has 1 N–H and O–H groups in total. The van der Waals surface area contributed by atoms with Crippen molar-refractivity contribution in [3.63, 3.8) is 0 Å². The predicted molar refractivity (Wildman–Crippen MR) is 54.8 cm³/mol. The molecule has 0 amide bonds. The summed E-state index contributed by atoms with van der Waals surface area (Å²) >= 11 is 0. The average molecular weight is 192 g/mol. The van der Waals surface area contributed by atoms with Crippen LogP contribution in [-0.2, 0) is 6.42 Å². The Bertz CT molecular complexity index is 317. The van der Waals surface area contributed by atoms with E-state index in [-0.39, 0.29) is 6.67 Å². The highest BCUT2D eigenvalue weighted by Crippen LogP contribution is 2.10. The van der Waals surface area contributed by atoms with Crippen molar-refractivity contribution in [1.29, 1.82) is 5.26 Å². The third-order valence-electron chi connectivity index (χ3n) is 1.85. The van der Waals surface area contributed by atoms with Crippen molar-refractivity contribution in [1.82, 2.24) is 0 Å². The van der Waals surface area contributed by atoms with Gasteiger partial charge in [-0.05, 0) is 24.1 Å². The van der Waals surface area contributed by atoms with Gasteiger partial charge in [-0.25, -0.2) is 0 Å². The van der Waals surface area contributed by atoms with E-state index in [4.69, 9.17) is 5.26 Å². The first-order chi connectivity index (χ1) is 6.86. The summed E-state index contributed by atoms with van der Waals surface area (Å²) in [5, 5.41) is 11.6. The van der Waals surface area contributed by atoms with E-state index in [0.717, 1.165) is 11.3 Å². The summed E-state index contributed by atoms with van der Waals surface area (Å²) in [4.78, 5) is 0. The van der Waals surface area contributed by atoms with Gasteiger partial charge in [-0.15, -0.1) is 0 Å². The number of halogens is 1. The van der Waals surface area contributed by atoms with Gasteiger partial charge in [0.15, 0.2) is 0 Å². The number of nitrogens with one attached hydrogen (secondary N) is 1. The summed E-state index contributed by atoms with van der Waals surface area (Å²) in [5.41, 5.74) is 1.93. The minimum absolute atomic E-state index is 0.301. The molecule has 0 aliphatic carbocycles. The molecule has 0 spiro atoms. The number of anilines is 1. The van der Waals surface area contributed by atoms with E-state index in [9.17, 15) is 4.39 Å². The fraction of sp³-hybridized carbons (Fsp3) is 0.364. The first-order valence-electron chi connectivity index (χ1n) is 4.62. The summed E-state index contributed by atoms with van der Waals surface area (Å²) in [6, 6.07) is 9.72. The Kier molecular flexibility index (Phi) is 4.49. The van der Waals surface area contributed by atoms with Crippen molar-refractivity contribution >= 4 is 5.69 Å². The quantitative estimate of drug-likeness (QED) is 0.727. The van der Waals surface area contributed by atoms with Crippen LogP contribution in [0.25, 0.3) is 0 Å². The molecule has 0 fully saturated rings. The van der Waals surface area contributed by atoms with Gasteiger partial charge in [-0.2, -0.15) is 5.26 Å². The van der Waals surface area contributed by atoms with Crippen LogP contribution in [0.2, 0.25) is 0 Å². The zero-order valence-electron chi connectivity index (χ0n) is 7.96. The zero-order valence-corrected chi connectivity index (χ0v) is 7.96. The number of nitriles is 1. The van der Waals surface area contributed by atoms with E-state index in [1.165, 1.54) is 0 Å². The minimum Gasteiger partial charge on any atom is -0.385 e. The van der Waals surface area contributed by atoms with Gasteiger partial charge < -0.3 is 5.32 Å². The Morgan fingerprint density at radius 1 is 1.43 bits per heavy atom. The molecule has 0 radical (unpaired) electrons. The molecule has 74 valence electrons. The predicted octanol–water partition coefficient (Wildman–Crippen LogP) is 2.52. The van der Waals surface area contributed by atoms with Gasteiger partial charge in [0, 0.05) is 12.2 Å². The summed E-state index contributed by atoms with van der Waals surface area (Å²) in [6.07, 6.45) is 0.932. The van der Waals surface area contributed by atoms with E-state index in [1.54, 1.807) is 0 Å². The van der Waals surface area contributed by atoms with Crippen molar-refractivity contribution < 1.29 is 4.39 Å². The monoisotopic (exact) mass is 192 g/mol. The van der Waals surface area contributed by atoms with Crippen LogP contribution in [0.15, 0.2) is 24.3 Å². The van der Waals surface area contributed by atoms with E-state index in [2.05, 4.69) is 11.4 Å². The summed E-state index contributed by atoms with van der Waals surface area (Å²) < 4.78 is 11.8. The fourth-order valence-electron chi connectivity index (χ4n) is 1.18. The second-order valence-corrected chi connectivity index (χ2v) is 3.00. The van der Waals surface area contributed by atoms with Crippen LogP contribution >= 0.6 is 0 Å². The number of benzene rings is 1. The van der Waals surface area contributed by atoms with Crippen molar-refractivity contribution in [2.75, 3.05) is 18.5 Å². The molecule has 14 heavy (non-hydrogen) atoms. The molecule has 0 aromatic heterocycles. The molecule has 0 heterocycles. The topological polar surface area (TPSA) is 35.8 Å². The molecule has 1 rings (SSSR count). The summed E-state index contributed by atoms with van der Waals surface area (Å²) in [7, 11) is 0. The van der Waals surface area contributed by atoms with Crippen LogP contribution in [0, 0.1) is 11.3 Å². The molecule has 2 nitrogen and oxygen atoms in total. The van der Waals surface area contributed by atoms with Gasteiger partial charge in [0.1, 0.15) is 0 Å². The van der Waals surface area contributed by atoms with Crippen LogP contribution in [0.1, 0.15) is 12.0 Å². The van der Waals surface area contributed by atoms with Gasteiger partial charge in [-0.3, -0.25) is 4.39 Å². The molecule has 1 aromatic carbocycles. The SMILES string of the molecule is N#CCc1cccc(NCCCF)c1. The molecule has 0 aliphatic rings. The van der Waals surface area contributed by atoms with Gasteiger partial charge in [0.05, 0.1) is 19.2 Å². The van der Waals surface area contributed by atoms with Gasteiger partial charge in [0.2, 0.25) is 0 Å². The second kappa shape index (κ2) is 5.98. The molecular weight excluding hydrogens is 179 g/mol. The van der Waals surface area contributed by atoms with Crippen LogP contribution < -0.4 is 5.32 Å². The maximum absolute atomic E-state index is 11.8. The second-order valence-electron chi connectivity index (χ2n) is 3.00. The van der Waals surface area contributed by atoms with E-state index in [0.29, 0.717) is 19.4 Å². The standard InChI is InChI=1S/C11H13FN2/c12-6-2-8-14-11-4-1-3-10(9-11)5-7-13/h1,3-4,9,14H,2,5-6,8H2. The number of rotatable bonds is 5. The lowest BCUT2D eigenvalue weighted by Gasteiger charge is -2.05. The van der Waals surface area contributed by atoms with Crippen LogP contribution in [0.4, 0.5) is 10.1 Å². The highest BCUT2D eigenvalue weighted by Gasteiger charge is 1.94. The Labute approximate surface area is 83.4 Å². The Hall–Kier alpha value is -1.56. The van der Waals surface area contributed by atoms with Gasteiger partial charge >= 0.3 is 0 Å². The third kappa shape index (κ3) is 3.44. The van der Waals surface area contributed by atoms with E-state index in [1.807, 2.05) is 24.3 Å². The maximum atomic E-state index is 11.8. The van der Waals surface area contributed by atoms with Crippen molar-refractivity contribution in [2.45, 2.75) is 12.8 Å². The highest BCUT2D eigenvalue weighted by atomic mass is 19.1. The summed E-state index contributed by atoms with van der Waals surface area (Å²) in [5.74, 6) is 0. The largest absolute Gasteiger partial charge is 0.385 e. The molecule has 3 heteroatoms. The number of alkyl halides is 1. The molecule has 0 saturated carbocycles. The number of hydrogen-bond donors (Lipinski definition) is 1. The van der Waals surface area contributed by atoms with Gasteiger partial charge in [0.25, 0.3) is 0 Å². The lowest BCUT2D eigenvalue weighted by Crippen LogP contribution is -2.02. The van der Waals surface area contributed by atoms with Crippen LogP contribution in [0.5, 0.6) is 0 Å². The van der Waals surface area contributed by atoms with Crippen LogP contribution in [-0.4, -0.2) is 13.2 Å². The molecule has 0 atom stereocenters. The van der Waals surface area contributed by atoms with E-state index >= 15 is 0 Å². The Morgan fingerprint density at radius 3 is 3.00 bits per heavy atom. The molecule has 0 unspecified atom stereocenters. The first-order valence-corrected chi connectivity index (χ1v) is 4.62. The van der Waals surface area contributed by atoms with Crippen molar-refractivity contribution in [2.24, 2.45) is 0 Å². The smallest absolute Gasteiger partial charge is 0.0911 e. The Morgan fingerprint density at radius 2 is 2.29 bits per heavy atom. The van der Waals surface area contributed by atoms with E-state index < -0.39 is 0 Å². The number of nitrogens with zero attached hydrogens (tertiary/aromatic N) is 1. The minimum atomic E-state index is -0.301. The number of hydrogen-bond acceptors (Lipinski definition) is 2. The molecule has 0 aliphatic heterocycles. The molecular formula is C11H13FN2. The van der Waals surface area contributed by atoms with Crippen LogP contribution in [0.3, 0.4) is 0 Å². The first kappa shape index (κ1) is 10.5. The van der Waals surface area contributed by atoms with Crippen molar-refractivity contribution in [3.8, 4) is 6.07 Å². The maximum Gasteiger partial charge on any atom is 0.0911 e. The molecule has 0 bridgehead atoms. The average Bonchev–Trinajstić information content (AvgIpc) is 2.19. The zero-order chi connectivity index (χ0) is 10.2. The van der Waals surface area contributed by atoms with Gasteiger partial charge in [-0.1, -0.05) is 12.1 Å². The fourth-order valence-corrected chi connectivity index (χ4v) is 1.18. The molecule has 0 saturated heterocycles. The normalized spacial score (nSPS) is 9.43. The lowest BCUT2D eigenvalue weighted by molar-refractivity contribution is 0.481. The molecule has 1 aromatic rings. The highest BCUT2D eigenvalue weighted by molar-refractivity contribution is 5.46. The third-order valence-corrected chi connectivity index (χ3v) is 1.85. The lowest BCUT2D eigenvalue weighted by atomic mass is 10.1. The summed E-state index contributed by atoms with van der Waals surface area (Å²) in [6.45, 7) is 0.331. The Balaban J connectivity index is 2.51. The van der Waals surface area contributed by atoms with Crippen molar-refractivity contribution in [3.05, 3.63) is 29.8 Å².